The van der Waals surface area contributed by atoms with Crippen LogP contribution in [0.1, 0.15) is 35.6 Å². The van der Waals surface area contributed by atoms with Gasteiger partial charge in [-0.1, -0.05) is 24.6 Å². The summed E-state index contributed by atoms with van der Waals surface area (Å²) >= 11 is 0. The van der Waals surface area contributed by atoms with E-state index in [1.54, 1.807) is 0 Å². The topological polar surface area (TPSA) is 40.5 Å². The highest BCUT2D eigenvalue weighted by Crippen LogP contribution is 2.19. The SMILES string of the molecule is CCC(O)C(O)Cc1c(C)cc(C)cc1C. The van der Waals surface area contributed by atoms with Gasteiger partial charge in [-0.25, -0.2) is 0 Å². The van der Waals surface area contributed by atoms with Crippen LogP contribution in [-0.2, 0) is 6.42 Å². The summed E-state index contributed by atoms with van der Waals surface area (Å²) in [5, 5.41) is 19.4. The van der Waals surface area contributed by atoms with Gasteiger partial charge in [-0.2, -0.15) is 0 Å². The van der Waals surface area contributed by atoms with Gasteiger partial charge in [0.1, 0.15) is 0 Å². The molecule has 0 aromatic heterocycles. The van der Waals surface area contributed by atoms with E-state index >= 15 is 0 Å². The molecule has 0 spiro atoms. The maximum atomic E-state index is 9.84. The molecule has 16 heavy (non-hydrogen) atoms. The van der Waals surface area contributed by atoms with Gasteiger partial charge in [-0.15, -0.1) is 0 Å². The number of rotatable bonds is 4. The Labute approximate surface area is 97.9 Å². The van der Waals surface area contributed by atoms with Gasteiger partial charge < -0.3 is 10.2 Å². The Hall–Kier alpha value is -0.860. The first-order valence-corrected chi connectivity index (χ1v) is 5.88. The van der Waals surface area contributed by atoms with Gasteiger partial charge >= 0.3 is 0 Å². The molecule has 1 aromatic rings. The molecule has 1 rings (SSSR count). The summed E-state index contributed by atoms with van der Waals surface area (Å²) < 4.78 is 0. The third-order valence-corrected chi connectivity index (χ3v) is 3.12. The molecule has 1 aromatic carbocycles. The molecule has 0 bridgehead atoms. The fourth-order valence-electron chi connectivity index (χ4n) is 2.15. The molecular formula is C14H22O2. The first-order chi connectivity index (χ1) is 7.45. The predicted molar refractivity (Wildman–Crippen MR) is 66.7 cm³/mol. The van der Waals surface area contributed by atoms with E-state index < -0.39 is 12.2 Å². The lowest BCUT2D eigenvalue weighted by atomic mass is 9.93. The average molecular weight is 222 g/mol. The Bertz CT molecular complexity index is 335. The second-order valence-corrected chi connectivity index (χ2v) is 4.62. The summed E-state index contributed by atoms with van der Waals surface area (Å²) in [5.74, 6) is 0. The van der Waals surface area contributed by atoms with E-state index in [0.717, 1.165) is 5.56 Å². The Morgan fingerprint density at radius 1 is 1.00 bits per heavy atom. The van der Waals surface area contributed by atoms with Gasteiger partial charge in [0.2, 0.25) is 0 Å². The van der Waals surface area contributed by atoms with Crippen molar-refractivity contribution in [3.63, 3.8) is 0 Å². The largest absolute Gasteiger partial charge is 0.390 e. The fourth-order valence-corrected chi connectivity index (χ4v) is 2.15. The minimum atomic E-state index is -0.662. The van der Waals surface area contributed by atoms with Gasteiger partial charge in [0.15, 0.2) is 0 Å². The van der Waals surface area contributed by atoms with Crippen LogP contribution < -0.4 is 0 Å². The van der Waals surface area contributed by atoms with Gasteiger partial charge in [0, 0.05) is 6.42 Å². The van der Waals surface area contributed by atoms with Crippen molar-refractivity contribution in [1.82, 2.24) is 0 Å². The second kappa shape index (κ2) is 5.46. The van der Waals surface area contributed by atoms with Crippen LogP contribution in [0.15, 0.2) is 12.1 Å². The zero-order valence-corrected chi connectivity index (χ0v) is 10.6. The van der Waals surface area contributed by atoms with Gasteiger partial charge in [0.25, 0.3) is 0 Å². The van der Waals surface area contributed by atoms with Gasteiger partial charge in [-0.05, 0) is 43.9 Å². The highest BCUT2D eigenvalue weighted by Gasteiger charge is 2.16. The molecule has 0 radical (unpaired) electrons. The molecule has 0 saturated heterocycles. The second-order valence-electron chi connectivity index (χ2n) is 4.62. The zero-order chi connectivity index (χ0) is 12.3. The number of hydrogen-bond donors (Lipinski definition) is 2. The predicted octanol–water partition coefficient (Wildman–Crippen LogP) is 2.29. The summed E-state index contributed by atoms with van der Waals surface area (Å²) in [6.45, 7) is 8.06. The fraction of sp³-hybridized carbons (Fsp3) is 0.571. The van der Waals surface area contributed by atoms with Crippen LogP contribution >= 0.6 is 0 Å². The van der Waals surface area contributed by atoms with Crippen molar-refractivity contribution in [2.24, 2.45) is 0 Å². The van der Waals surface area contributed by atoms with Crippen LogP contribution in [0.25, 0.3) is 0 Å². The van der Waals surface area contributed by atoms with Gasteiger partial charge in [-0.3, -0.25) is 0 Å². The standard InChI is InChI=1S/C14H22O2/c1-5-13(15)14(16)8-12-10(3)6-9(2)7-11(12)4/h6-7,13-16H,5,8H2,1-4H3. The summed E-state index contributed by atoms with van der Waals surface area (Å²) in [4.78, 5) is 0. The minimum Gasteiger partial charge on any atom is -0.390 e. The first-order valence-electron chi connectivity index (χ1n) is 5.88. The lowest BCUT2D eigenvalue weighted by Crippen LogP contribution is -2.27. The van der Waals surface area contributed by atoms with E-state index in [-0.39, 0.29) is 0 Å². The monoisotopic (exact) mass is 222 g/mol. The van der Waals surface area contributed by atoms with Crippen molar-refractivity contribution in [1.29, 1.82) is 0 Å². The quantitative estimate of drug-likeness (QED) is 0.820. The molecule has 0 amide bonds. The number of aliphatic hydroxyl groups is 2. The first kappa shape index (κ1) is 13.2. The third kappa shape index (κ3) is 3.06. The van der Waals surface area contributed by atoms with E-state index in [2.05, 4.69) is 32.9 Å². The number of benzene rings is 1. The molecule has 0 fully saturated rings. The van der Waals surface area contributed by atoms with Crippen molar-refractivity contribution < 1.29 is 10.2 Å². The molecular weight excluding hydrogens is 200 g/mol. The zero-order valence-electron chi connectivity index (χ0n) is 10.6. The Morgan fingerprint density at radius 2 is 1.50 bits per heavy atom. The molecule has 2 N–H and O–H groups in total. The van der Waals surface area contributed by atoms with Crippen LogP contribution in [-0.4, -0.2) is 22.4 Å². The maximum absolute atomic E-state index is 9.84. The normalized spacial score (nSPS) is 14.9. The van der Waals surface area contributed by atoms with Crippen LogP contribution in [0.2, 0.25) is 0 Å². The molecule has 0 aliphatic heterocycles. The van der Waals surface area contributed by atoms with Crippen molar-refractivity contribution in [2.75, 3.05) is 0 Å². The summed E-state index contributed by atoms with van der Waals surface area (Å²) in [5.41, 5.74) is 4.79. The van der Waals surface area contributed by atoms with Crippen LogP contribution in [0.4, 0.5) is 0 Å². The van der Waals surface area contributed by atoms with Crippen molar-refractivity contribution in [2.45, 2.75) is 52.7 Å². The average Bonchev–Trinajstić information content (AvgIpc) is 2.21. The minimum absolute atomic E-state index is 0.535. The van der Waals surface area contributed by atoms with Crippen molar-refractivity contribution in [3.8, 4) is 0 Å². The van der Waals surface area contributed by atoms with E-state index in [1.807, 2.05) is 6.92 Å². The molecule has 2 nitrogen and oxygen atoms in total. The molecule has 2 atom stereocenters. The number of aliphatic hydroxyl groups excluding tert-OH is 2. The van der Waals surface area contributed by atoms with E-state index in [9.17, 15) is 10.2 Å². The number of aryl methyl sites for hydroxylation is 3. The molecule has 0 saturated carbocycles. The Kier molecular flexibility index (Phi) is 4.51. The molecule has 90 valence electrons. The van der Waals surface area contributed by atoms with Crippen molar-refractivity contribution in [3.05, 3.63) is 34.4 Å². The highest BCUT2D eigenvalue weighted by atomic mass is 16.3. The Morgan fingerprint density at radius 3 is 1.94 bits per heavy atom. The molecule has 2 heteroatoms. The van der Waals surface area contributed by atoms with Gasteiger partial charge in [0.05, 0.1) is 12.2 Å². The van der Waals surface area contributed by atoms with E-state index in [4.69, 9.17) is 0 Å². The highest BCUT2D eigenvalue weighted by molar-refractivity contribution is 5.37. The maximum Gasteiger partial charge on any atom is 0.0839 e. The van der Waals surface area contributed by atoms with Crippen LogP contribution in [0.5, 0.6) is 0 Å². The lowest BCUT2D eigenvalue weighted by molar-refractivity contribution is 0.0180. The smallest absolute Gasteiger partial charge is 0.0839 e. The van der Waals surface area contributed by atoms with Crippen LogP contribution in [0.3, 0.4) is 0 Å². The Balaban J connectivity index is 2.89. The molecule has 0 heterocycles. The van der Waals surface area contributed by atoms with Crippen LogP contribution in [0, 0.1) is 20.8 Å². The molecule has 0 aliphatic carbocycles. The summed E-state index contributed by atoms with van der Waals surface area (Å²) in [6.07, 6.45) is -0.164. The van der Waals surface area contributed by atoms with E-state index in [1.165, 1.54) is 16.7 Å². The summed E-state index contributed by atoms with van der Waals surface area (Å²) in [6, 6.07) is 4.24. The molecule has 2 unspecified atom stereocenters. The number of hydrogen-bond acceptors (Lipinski definition) is 2. The van der Waals surface area contributed by atoms with Crippen molar-refractivity contribution >= 4 is 0 Å². The molecule has 0 aliphatic rings. The summed E-state index contributed by atoms with van der Waals surface area (Å²) in [7, 11) is 0. The third-order valence-electron chi connectivity index (χ3n) is 3.12. The lowest BCUT2D eigenvalue weighted by Gasteiger charge is -2.19. The van der Waals surface area contributed by atoms with E-state index in [0.29, 0.717) is 12.8 Å².